The second-order valence-corrected chi connectivity index (χ2v) is 6.89. The second kappa shape index (κ2) is 5.16. The summed E-state index contributed by atoms with van der Waals surface area (Å²) in [4.78, 5) is 14.6. The molecule has 1 heterocycles. The Morgan fingerprint density at radius 2 is 1.86 bits per heavy atom. The molecule has 0 saturated heterocycles. The third-order valence-electron chi connectivity index (χ3n) is 4.28. The smallest absolute Gasteiger partial charge is 0.260 e. The van der Waals surface area contributed by atoms with Crippen molar-refractivity contribution in [2.75, 3.05) is 17.2 Å². The van der Waals surface area contributed by atoms with Crippen LogP contribution in [0.3, 0.4) is 0 Å². The van der Waals surface area contributed by atoms with Gasteiger partial charge in [-0.3, -0.25) is 4.79 Å². The Labute approximate surface area is 131 Å². The molecule has 0 spiro atoms. The number of hydrogen-bond acceptors (Lipinski definition) is 2. The molecule has 2 aromatic rings. The zero-order valence-corrected chi connectivity index (χ0v) is 13.4. The summed E-state index contributed by atoms with van der Waals surface area (Å²) in [6, 6.07) is 13.7. The average Bonchev–Trinajstić information content (AvgIpc) is 2.89. The Kier molecular flexibility index (Phi) is 3.44. The van der Waals surface area contributed by atoms with E-state index in [1.54, 1.807) is 12.1 Å². The number of benzene rings is 2. The lowest BCUT2D eigenvalue weighted by Crippen LogP contribution is -2.29. The number of rotatable bonds is 1. The number of amides is 1. The van der Waals surface area contributed by atoms with Gasteiger partial charge < -0.3 is 10.6 Å². The monoisotopic (exact) mass is 294 g/mol. The molecule has 3 nitrogen and oxygen atoms in total. The molecule has 3 heteroatoms. The van der Waals surface area contributed by atoms with Crippen molar-refractivity contribution in [3.8, 4) is 0 Å². The van der Waals surface area contributed by atoms with E-state index >= 15 is 0 Å². The maximum Gasteiger partial charge on any atom is 0.260 e. The third kappa shape index (κ3) is 2.47. The van der Waals surface area contributed by atoms with Crippen LogP contribution < -0.4 is 10.6 Å². The van der Waals surface area contributed by atoms with Gasteiger partial charge in [-0.1, -0.05) is 45.0 Å². The summed E-state index contributed by atoms with van der Waals surface area (Å²) in [6.07, 6.45) is 0.901. The molecule has 2 N–H and O–H groups in total. The fourth-order valence-corrected chi connectivity index (χ4v) is 2.92. The van der Waals surface area contributed by atoms with Crippen molar-refractivity contribution in [2.24, 2.45) is 0 Å². The van der Waals surface area contributed by atoms with Gasteiger partial charge in [0.15, 0.2) is 0 Å². The summed E-state index contributed by atoms with van der Waals surface area (Å²) < 4.78 is 0. The van der Waals surface area contributed by atoms with Crippen molar-refractivity contribution in [1.82, 2.24) is 0 Å². The number of nitrogen functional groups attached to an aromatic ring is 1. The van der Waals surface area contributed by atoms with E-state index < -0.39 is 0 Å². The lowest BCUT2D eigenvalue weighted by atomic mass is 9.86. The number of nitrogens with two attached hydrogens (primary N) is 1. The van der Waals surface area contributed by atoms with Gasteiger partial charge >= 0.3 is 0 Å². The van der Waals surface area contributed by atoms with Gasteiger partial charge in [-0.05, 0) is 41.2 Å². The van der Waals surface area contributed by atoms with E-state index in [0.717, 1.165) is 18.7 Å². The number of para-hydroxylation sites is 1. The maximum absolute atomic E-state index is 12.8. The molecule has 0 fully saturated rings. The summed E-state index contributed by atoms with van der Waals surface area (Å²) >= 11 is 0. The SMILES string of the molecule is CC(C)(C)c1ccc2c(c1)CCN2C(=O)c1ccccc1N. The molecular formula is C19H22N2O. The fraction of sp³-hybridized carbons (Fsp3) is 0.316. The van der Waals surface area contributed by atoms with Crippen molar-refractivity contribution >= 4 is 17.3 Å². The first-order valence-electron chi connectivity index (χ1n) is 7.68. The van der Waals surface area contributed by atoms with E-state index in [-0.39, 0.29) is 11.3 Å². The first-order valence-corrected chi connectivity index (χ1v) is 7.68. The number of nitrogens with zero attached hydrogens (tertiary/aromatic N) is 1. The Bertz CT molecular complexity index is 728. The molecule has 0 atom stereocenters. The molecule has 0 aliphatic carbocycles. The summed E-state index contributed by atoms with van der Waals surface area (Å²) in [5.74, 6) is -0.0136. The van der Waals surface area contributed by atoms with Crippen molar-refractivity contribution in [2.45, 2.75) is 32.6 Å². The number of anilines is 2. The van der Waals surface area contributed by atoms with Crippen molar-refractivity contribution in [1.29, 1.82) is 0 Å². The topological polar surface area (TPSA) is 46.3 Å². The van der Waals surface area contributed by atoms with Crippen LogP contribution in [0.15, 0.2) is 42.5 Å². The summed E-state index contributed by atoms with van der Waals surface area (Å²) in [7, 11) is 0. The highest BCUT2D eigenvalue weighted by Crippen LogP contribution is 2.34. The zero-order chi connectivity index (χ0) is 15.9. The Morgan fingerprint density at radius 3 is 2.55 bits per heavy atom. The fourth-order valence-electron chi connectivity index (χ4n) is 2.92. The van der Waals surface area contributed by atoms with Crippen LogP contribution in [0.25, 0.3) is 0 Å². The third-order valence-corrected chi connectivity index (χ3v) is 4.28. The number of hydrogen-bond donors (Lipinski definition) is 1. The van der Waals surface area contributed by atoms with Gasteiger partial charge in [-0.15, -0.1) is 0 Å². The van der Waals surface area contributed by atoms with E-state index in [0.29, 0.717) is 11.3 Å². The molecule has 0 radical (unpaired) electrons. The van der Waals surface area contributed by atoms with E-state index in [1.165, 1.54) is 11.1 Å². The van der Waals surface area contributed by atoms with Gasteiger partial charge in [0.2, 0.25) is 0 Å². The lowest BCUT2D eigenvalue weighted by Gasteiger charge is -2.22. The molecule has 1 amide bonds. The average molecular weight is 294 g/mol. The Morgan fingerprint density at radius 1 is 1.14 bits per heavy atom. The van der Waals surface area contributed by atoms with Crippen molar-refractivity contribution < 1.29 is 4.79 Å². The molecule has 0 aromatic heterocycles. The molecule has 1 aliphatic heterocycles. The molecular weight excluding hydrogens is 272 g/mol. The standard InChI is InChI=1S/C19H22N2O/c1-19(2,3)14-8-9-17-13(12-14)10-11-21(17)18(22)15-6-4-5-7-16(15)20/h4-9,12H,10-11,20H2,1-3H3. The van der Waals surface area contributed by atoms with Crippen molar-refractivity contribution in [3.63, 3.8) is 0 Å². The quantitative estimate of drug-likeness (QED) is 0.814. The van der Waals surface area contributed by atoms with Gasteiger partial charge in [-0.2, -0.15) is 0 Å². The van der Waals surface area contributed by atoms with Crippen LogP contribution in [-0.2, 0) is 11.8 Å². The number of carbonyl (C=O) groups excluding carboxylic acids is 1. The molecule has 0 bridgehead atoms. The predicted octanol–water partition coefficient (Wildman–Crippen LogP) is 3.77. The number of carbonyl (C=O) groups is 1. The van der Waals surface area contributed by atoms with Crippen LogP contribution in [0, 0.1) is 0 Å². The van der Waals surface area contributed by atoms with Gasteiger partial charge in [0.1, 0.15) is 0 Å². The van der Waals surface area contributed by atoms with Crippen molar-refractivity contribution in [3.05, 3.63) is 59.2 Å². The molecule has 1 aliphatic rings. The summed E-state index contributed by atoms with van der Waals surface area (Å²) in [5.41, 5.74) is 10.7. The minimum Gasteiger partial charge on any atom is -0.398 e. The first-order chi connectivity index (χ1) is 10.4. The highest BCUT2D eigenvalue weighted by atomic mass is 16.2. The molecule has 0 saturated carbocycles. The van der Waals surface area contributed by atoms with E-state index in [4.69, 9.17) is 5.73 Å². The second-order valence-electron chi connectivity index (χ2n) is 6.89. The minimum atomic E-state index is -0.0136. The van der Waals surface area contributed by atoms with Crippen LogP contribution in [0.1, 0.15) is 42.3 Å². The number of fused-ring (bicyclic) bond motifs is 1. The summed E-state index contributed by atoms with van der Waals surface area (Å²) in [5, 5.41) is 0. The Hall–Kier alpha value is -2.29. The lowest BCUT2D eigenvalue weighted by molar-refractivity contribution is 0.0990. The van der Waals surface area contributed by atoms with Crippen LogP contribution in [0.4, 0.5) is 11.4 Å². The van der Waals surface area contributed by atoms with Crippen LogP contribution >= 0.6 is 0 Å². The molecule has 0 unspecified atom stereocenters. The first kappa shape index (κ1) is 14.6. The van der Waals surface area contributed by atoms with E-state index in [9.17, 15) is 4.79 Å². The molecule has 2 aromatic carbocycles. The van der Waals surface area contributed by atoms with Gasteiger partial charge in [-0.25, -0.2) is 0 Å². The van der Waals surface area contributed by atoms with Gasteiger partial charge in [0, 0.05) is 17.9 Å². The highest BCUT2D eigenvalue weighted by Gasteiger charge is 2.27. The largest absolute Gasteiger partial charge is 0.398 e. The normalized spacial score (nSPS) is 14.0. The van der Waals surface area contributed by atoms with Gasteiger partial charge in [0.05, 0.1) is 5.56 Å². The zero-order valence-electron chi connectivity index (χ0n) is 13.4. The maximum atomic E-state index is 12.8. The minimum absolute atomic E-state index is 0.0136. The van der Waals surface area contributed by atoms with E-state index in [2.05, 4.69) is 39.0 Å². The Balaban J connectivity index is 1.95. The molecule has 3 rings (SSSR count). The summed E-state index contributed by atoms with van der Waals surface area (Å²) in [6.45, 7) is 7.34. The van der Waals surface area contributed by atoms with Gasteiger partial charge in [0.25, 0.3) is 5.91 Å². The van der Waals surface area contributed by atoms with E-state index in [1.807, 2.05) is 17.0 Å². The molecule has 114 valence electrons. The predicted molar refractivity (Wildman–Crippen MR) is 91.4 cm³/mol. The highest BCUT2D eigenvalue weighted by molar-refractivity contribution is 6.10. The molecule has 22 heavy (non-hydrogen) atoms. The van der Waals surface area contributed by atoms with Crippen LogP contribution in [-0.4, -0.2) is 12.5 Å². The van der Waals surface area contributed by atoms with Crippen LogP contribution in [0.2, 0.25) is 0 Å². The van der Waals surface area contributed by atoms with Crippen LogP contribution in [0.5, 0.6) is 0 Å².